The maximum absolute atomic E-state index is 5.09. The first-order valence-corrected chi connectivity index (χ1v) is 9.26. The van der Waals surface area contributed by atoms with Crippen molar-refractivity contribution in [2.75, 3.05) is 67.6 Å². The van der Waals surface area contributed by atoms with Crippen LogP contribution in [0.2, 0.25) is 0 Å². The van der Waals surface area contributed by atoms with Crippen molar-refractivity contribution in [3.63, 3.8) is 0 Å². The summed E-state index contributed by atoms with van der Waals surface area (Å²) in [7, 11) is 8.17. The van der Waals surface area contributed by atoms with Crippen LogP contribution in [0.15, 0.2) is 4.99 Å². The number of guanidine groups is 1. The first-order chi connectivity index (χ1) is 11.4. The molecule has 0 amide bonds. The fourth-order valence-corrected chi connectivity index (χ4v) is 2.49. The lowest BCUT2D eigenvalue weighted by Gasteiger charge is -2.25. The number of rotatable bonds is 13. The average molecular weight is 344 g/mol. The molecule has 6 heteroatoms. The highest BCUT2D eigenvalue weighted by Crippen LogP contribution is 2.09. The highest BCUT2D eigenvalue weighted by atomic mass is 16.5. The Labute approximate surface area is 150 Å². The van der Waals surface area contributed by atoms with Crippen LogP contribution in [0.5, 0.6) is 0 Å². The summed E-state index contributed by atoms with van der Waals surface area (Å²) >= 11 is 0. The summed E-state index contributed by atoms with van der Waals surface area (Å²) < 4.78 is 5.09. The zero-order valence-corrected chi connectivity index (χ0v) is 17.1. The molecule has 0 spiro atoms. The smallest absolute Gasteiger partial charge is 0.191 e. The van der Waals surface area contributed by atoms with Crippen molar-refractivity contribution in [2.45, 2.75) is 39.7 Å². The van der Waals surface area contributed by atoms with Crippen molar-refractivity contribution in [1.82, 2.24) is 20.4 Å². The Bertz CT molecular complexity index is 321. The minimum absolute atomic E-state index is 0.483. The minimum Gasteiger partial charge on any atom is -0.385 e. The van der Waals surface area contributed by atoms with Crippen LogP contribution in [0, 0.1) is 5.92 Å². The number of aliphatic imine (C=N–C) groups is 1. The highest BCUT2D eigenvalue weighted by molar-refractivity contribution is 5.79. The van der Waals surface area contributed by atoms with E-state index < -0.39 is 0 Å². The highest BCUT2D eigenvalue weighted by Gasteiger charge is 2.13. The molecule has 144 valence electrons. The van der Waals surface area contributed by atoms with Crippen molar-refractivity contribution in [1.29, 1.82) is 0 Å². The quantitative estimate of drug-likeness (QED) is 0.301. The van der Waals surface area contributed by atoms with Gasteiger partial charge in [0.1, 0.15) is 0 Å². The van der Waals surface area contributed by atoms with Crippen molar-refractivity contribution in [3.8, 4) is 0 Å². The second-order valence-corrected chi connectivity index (χ2v) is 7.04. The van der Waals surface area contributed by atoms with Gasteiger partial charge in [-0.05, 0) is 46.8 Å². The monoisotopic (exact) mass is 343 g/mol. The van der Waals surface area contributed by atoms with E-state index in [1.807, 2.05) is 0 Å². The second kappa shape index (κ2) is 14.5. The van der Waals surface area contributed by atoms with Crippen LogP contribution >= 0.6 is 0 Å². The lowest BCUT2D eigenvalue weighted by atomic mass is 10.0. The normalized spacial score (nSPS) is 13.8. The molecule has 0 aromatic rings. The third kappa shape index (κ3) is 12.6. The van der Waals surface area contributed by atoms with E-state index in [4.69, 9.17) is 9.73 Å². The van der Waals surface area contributed by atoms with Gasteiger partial charge in [0.15, 0.2) is 5.96 Å². The molecule has 0 aliphatic heterocycles. The predicted octanol–water partition coefficient (Wildman–Crippen LogP) is 1.49. The molecular weight excluding hydrogens is 302 g/mol. The van der Waals surface area contributed by atoms with E-state index in [0.717, 1.165) is 58.1 Å². The van der Waals surface area contributed by atoms with Gasteiger partial charge in [0, 0.05) is 45.9 Å². The lowest BCUT2D eigenvalue weighted by molar-refractivity contribution is 0.180. The molecule has 0 bridgehead atoms. The molecule has 1 unspecified atom stereocenters. The van der Waals surface area contributed by atoms with E-state index in [2.05, 4.69) is 62.3 Å². The van der Waals surface area contributed by atoms with Gasteiger partial charge in [-0.25, -0.2) is 0 Å². The van der Waals surface area contributed by atoms with Gasteiger partial charge in [0.2, 0.25) is 0 Å². The van der Waals surface area contributed by atoms with Crippen LogP contribution < -0.4 is 10.6 Å². The van der Waals surface area contributed by atoms with Crippen LogP contribution in [0.4, 0.5) is 0 Å². The molecule has 0 saturated heterocycles. The molecule has 0 aliphatic rings. The fraction of sp³-hybridized carbons (Fsp3) is 0.944. The first-order valence-electron chi connectivity index (χ1n) is 9.26. The maximum Gasteiger partial charge on any atom is 0.191 e. The molecule has 0 aliphatic carbocycles. The van der Waals surface area contributed by atoms with E-state index in [1.165, 1.54) is 0 Å². The van der Waals surface area contributed by atoms with Crippen molar-refractivity contribution < 1.29 is 4.74 Å². The lowest BCUT2D eigenvalue weighted by Crippen LogP contribution is -2.42. The largest absolute Gasteiger partial charge is 0.385 e. The first kappa shape index (κ1) is 23.1. The summed E-state index contributed by atoms with van der Waals surface area (Å²) in [5.74, 6) is 1.60. The molecule has 0 aromatic carbocycles. The Hall–Kier alpha value is -0.850. The topological polar surface area (TPSA) is 52.1 Å². The average Bonchev–Trinajstić information content (AvgIpc) is 2.50. The third-order valence-electron chi connectivity index (χ3n) is 3.95. The van der Waals surface area contributed by atoms with Crippen LogP contribution in [0.3, 0.4) is 0 Å². The number of ether oxygens (including phenoxy) is 1. The van der Waals surface area contributed by atoms with Crippen molar-refractivity contribution in [2.24, 2.45) is 10.9 Å². The van der Waals surface area contributed by atoms with E-state index in [9.17, 15) is 0 Å². The standard InChI is InChI=1S/C18H41N5O/c1-8-19-18(20-10-12-23(6)11-9-13-24-7)21-15-17(22(4)5)14-16(2)3/h16-17H,8-15H2,1-7H3,(H2,19,20,21). The molecule has 6 nitrogen and oxygen atoms in total. The summed E-state index contributed by atoms with van der Waals surface area (Å²) in [4.78, 5) is 9.37. The molecular formula is C18H41N5O. The summed E-state index contributed by atoms with van der Waals surface area (Å²) in [6.07, 6.45) is 2.24. The van der Waals surface area contributed by atoms with Crippen LogP contribution in [-0.4, -0.2) is 89.4 Å². The predicted molar refractivity (Wildman–Crippen MR) is 105 cm³/mol. The second-order valence-electron chi connectivity index (χ2n) is 7.04. The zero-order chi connectivity index (χ0) is 18.4. The van der Waals surface area contributed by atoms with Crippen molar-refractivity contribution in [3.05, 3.63) is 0 Å². The Balaban J connectivity index is 4.30. The summed E-state index contributed by atoms with van der Waals surface area (Å²) in [6.45, 7) is 12.1. The molecule has 0 fully saturated rings. The molecule has 0 aromatic heterocycles. The SMILES string of the molecule is CCNC(=NCC(CC(C)C)N(C)C)NCCN(C)CCCOC. The number of hydrogen-bond donors (Lipinski definition) is 2. The number of nitrogens with one attached hydrogen (secondary N) is 2. The van der Waals surface area contributed by atoms with E-state index >= 15 is 0 Å². The Morgan fingerprint density at radius 2 is 1.83 bits per heavy atom. The molecule has 0 saturated carbocycles. The fourth-order valence-electron chi connectivity index (χ4n) is 2.49. The molecule has 0 rings (SSSR count). The summed E-state index contributed by atoms with van der Waals surface area (Å²) in [6, 6.07) is 0.483. The van der Waals surface area contributed by atoms with Gasteiger partial charge in [-0.1, -0.05) is 13.8 Å². The molecule has 24 heavy (non-hydrogen) atoms. The van der Waals surface area contributed by atoms with Gasteiger partial charge in [-0.15, -0.1) is 0 Å². The van der Waals surface area contributed by atoms with E-state index in [0.29, 0.717) is 12.0 Å². The van der Waals surface area contributed by atoms with Crippen LogP contribution in [-0.2, 0) is 4.74 Å². The third-order valence-corrected chi connectivity index (χ3v) is 3.95. The van der Waals surface area contributed by atoms with Crippen LogP contribution in [0.25, 0.3) is 0 Å². The Kier molecular flexibility index (Phi) is 14.0. The summed E-state index contributed by atoms with van der Waals surface area (Å²) in [5, 5.41) is 6.78. The van der Waals surface area contributed by atoms with Crippen LogP contribution in [0.1, 0.15) is 33.6 Å². The van der Waals surface area contributed by atoms with E-state index in [-0.39, 0.29) is 0 Å². The molecule has 1 atom stereocenters. The Morgan fingerprint density at radius 1 is 1.12 bits per heavy atom. The van der Waals surface area contributed by atoms with Gasteiger partial charge in [-0.3, -0.25) is 4.99 Å². The maximum atomic E-state index is 5.09. The molecule has 0 heterocycles. The minimum atomic E-state index is 0.483. The van der Waals surface area contributed by atoms with Gasteiger partial charge in [0.25, 0.3) is 0 Å². The molecule has 0 radical (unpaired) electrons. The summed E-state index contributed by atoms with van der Waals surface area (Å²) in [5.41, 5.74) is 0. The van der Waals surface area contributed by atoms with Gasteiger partial charge >= 0.3 is 0 Å². The van der Waals surface area contributed by atoms with Crippen molar-refractivity contribution >= 4 is 5.96 Å². The van der Waals surface area contributed by atoms with Gasteiger partial charge in [0.05, 0.1) is 6.54 Å². The Morgan fingerprint density at radius 3 is 2.38 bits per heavy atom. The van der Waals surface area contributed by atoms with E-state index in [1.54, 1.807) is 7.11 Å². The number of hydrogen-bond acceptors (Lipinski definition) is 4. The van der Waals surface area contributed by atoms with Gasteiger partial charge in [-0.2, -0.15) is 0 Å². The number of methoxy groups -OCH3 is 1. The zero-order valence-electron chi connectivity index (χ0n) is 17.1. The molecule has 2 N–H and O–H groups in total. The number of likely N-dealkylation sites (N-methyl/N-ethyl adjacent to an activating group) is 2. The van der Waals surface area contributed by atoms with Gasteiger partial charge < -0.3 is 25.2 Å². The number of nitrogens with zero attached hydrogens (tertiary/aromatic N) is 3.